The Balaban J connectivity index is 1.40. The predicted octanol–water partition coefficient (Wildman–Crippen LogP) is 0.360. The summed E-state index contributed by atoms with van der Waals surface area (Å²) in [4.78, 5) is 83.1. The maximum Gasteiger partial charge on any atom is 0.326 e. The van der Waals surface area contributed by atoms with Crippen molar-refractivity contribution in [3.63, 3.8) is 0 Å². The van der Waals surface area contributed by atoms with Crippen molar-refractivity contribution < 1.29 is 48.8 Å². The molecule has 20 heteroatoms. The molecule has 0 radical (unpaired) electrons. The summed E-state index contributed by atoms with van der Waals surface area (Å²) in [6.45, 7) is 3.25. The fraction of sp³-hybridized carbons (Fsp3) is 0.413. The van der Waals surface area contributed by atoms with E-state index >= 15 is 0 Å². The number of fused-ring (bicyclic) bond motifs is 5. The number of aliphatic hydroxyl groups is 1. The van der Waals surface area contributed by atoms with Gasteiger partial charge in [-0.15, -0.1) is 0 Å². The van der Waals surface area contributed by atoms with E-state index in [0.29, 0.717) is 24.2 Å². The fourth-order valence-electron chi connectivity index (χ4n) is 7.55. The number of aromatic nitrogens is 2. The summed E-state index contributed by atoms with van der Waals surface area (Å²) >= 11 is 0. The minimum Gasteiger partial charge on any atom is -0.504 e. The summed E-state index contributed by atoms with van der Waals surface area (Å²) in [5.41, 5.74) is 19.0. The molecule has 1 aliphatic heterocycles. The summed E-state index contributed by atoms with van der Waals surface area (Å²) in [5.74, 6) is -5.28. The van der Waals surface area contributed by atoms with Crippen LogP contribution in [-0.2, 0) is 31.0 Å². The first-order chi connectivity index (χ1) is 31.5. The highest BCUT2D eigenvalue weighted by Gasteiger charge is 2.39. The van der Waals surface area contributed by atoms with Crippen molar-refractivity contribution in [3.05, 3.63) is 99.5 Å². The average molecular weight is 912 g/mol. The molecule has 12 N–H and O–H groups in total. The van der Waals surface area contributed by atoms with Gasteiger partial charge in [-0.2, -0.15) is 9.78 Å². The second-order valence-electron chi connectivity index (χ2n) is 16.8. The van der Waals surface area contributed by atoms with Crippen LogP contribution in [0.1, 0.15) is 72.6 Å². The van der Waals surface area contributed by atoms with Crippen LogP contribution in [0.2, 0.25) is 0 Å². The highest BCUT2D eigenvalue weighted by Crippen LogP contribution is 2.48. The molecule has 20 nitrogen and oxygen atoms in total. The molecule has 1 aliphatic carbocycles. The third-order valence-corrected chi connectivity index (χ3v) is 11.8. The number of phenolic OH excluding ortho intramolecular Hbond substituents is 1. The Hall–Kier alpha value is -6.87. The van der Waals surface area contributed by atoms with Crippen LogP contribution < -0.4 is 48.2 Å². The van der Waals surface area contributed by atoms with Crippen LogP contribution in [0.25, 0.3) is 16.8 Å². The zero-order valence-electron chi connectivity index (χ0n) is 37.0. The smallest absolute Gasteiger partial charge is 0.326 e. The number of phenols is 1. The lowest BCUT2D eigenvalue weighted by atomic mass is 9.93. The van der Waals surface area contributed by atoms with Crippen molar-refractivity contribution in [3.8, 4) is 34.1 Å². The standard InChI is InChI=1S/C46H57N9O11/c1-25-41(59)53-35(45(63)64)18-26-5-10-36(65-16-4-14-47)32(17-26)33-19-27(20-37(40(33)58)66-24-31(56)22-49)39(43(61)51-25)54(3)44(62)34(11-15-48)52-42(60)28-21-38(57)55(50-23-28)30-8-6-29(7-9-30)46(2)12-13-46/h5-10,17,19-21,23,25,31,34-35,39,56,58H,4,11-16,18,22,24,47-49H2,1-3H3,(H,51,61)(H,52,60)(H,53,59)(H,63,64)/t25-,31+,34-,35-,39-/m0/s1. The number of rotatable bonds is 17. The van der Waals surface area contributed by atoms with E-state index < -0.39 is 77.8 Å². The van der Waals surface area contributed by atoms with Gasteiger partial charge < -0.3 is 62.8 Å². The number of hydrogen-bond acceptors (Lipinski definition) is 14. The molecule has 0 unspecified atom stereocenters. The summed E-state index contributed by atoms with van der Waals surface area (Å²) < 4.78 is 13.1. The maximum absolute atomic E-state index is 14.6. The fourth-order valence-corrected chi connectivity index (χ4v) is 7.55. The highest BCUT2D eigenvalue weighted by atomic mass is 16.5. The molecule has 3 aromatic carbocycles. The van der Waals surface area contributed by atoms with Gasteiger partial charge in [-0.1, -0.05) is 25.1 Å². The van der Waals surface area contributed by atoms with E-state index in [1.54, 1.807) is 30.3 Å². The number of benzene rings is 3. The van der Waals surface area contributed by atoms with Gasteiger partial charge in [-0.25, -0.2) is 4.79 Å². The summed E-state index contributed by atoms with van der Waals surface area (Å²) in [6.07, 6.45) is 2.30. The Bertz CT molecular complexity index is 2510. The number of aliphatic carboxylic acids is 1. The van der Waals surface area contributed by atoms with Gasteiger partial charge >= 0.3 is 5.97 Å². The molecule has 352 valence electrons. The molecule has 0 spiro atoms. The molecule has 5 atom stereocenters. The minimum atomic E-state index is -1.64. The number of likely N-dealkylation sites (N-methyl/N-ethyl adjacent to an activating group) is 1. The van der Waals surface area contributed by atoms with Gasteiger partial charge in [0.15, 0.2) is 11.5 Å². The lowest BCUT2D eigenvalue weighted by Gasteiger charge is -2.32. The third kappa shape index (κ3) is 11.1. The monoisotopic (exact) mass is 911 g/mol. The number of aromatic hydroxyl groups is 1. The summed E-state index contributed by atoms with van der Waals surface area (Å²) in [5, 5.41) is 44.2. The molecule has 4 amide bonds. The van der Waals surface area contributed by atoms with Crippen LogP contribution in [0.5, 0.6) is 17.2 Å². The number of carbonyl (C=O) groups is 5. The van der Waals surface area contributed by atoms with Gasteiger partial charge in [-0.05, 0) is 104 Å². The van der Waals surface area contributed by atoms with E-state index in [-0.39, 0.29) is 71.7 Å². The van der Waals surface area contributed by atoms with Crippen molar-refractivity contribution in [2.24, 2.45) is 17.2 Å². The summed E-state index contributed by atoms with van der Waals surface area (Å²) in [6, 6.07) is 10.1. The van der Waals surface area contributed by atoms with Gasteiger partial charge in [-0.3, -0.25) is 24.0 Å². The summed E-state index contributed by atoms with van der Waals surface area (Å²) in [7, 11) is 1.28. The maximum atomic E-state index is 14.6. The number of carboxylic acid groups (broad SMARTS) is 1. The van der Waals surface area contributed by atoms with Crippen molar-refractivity contribution >= 4 is 29.6 Å². The zero-order chi connectivity index (χ0) is 47.9. The van der Waals surface area contributed by atoms with Gasteiger partial charge in [0, 0.05) is 37.2 Å². The molecule has 0 saturated heterocycles. The Morgan fingerprint density at radius 1 is 0.955 bits per heavy atom. The average Bonchev–Trinajstić information content (AvgIpc) is 4.06. The van der Waals surface area contributed by atoms with E-state index in [9.17, 15) is 44.1 Å². The molecule has 1 fully saturated rings. The number of carbonyl (C=O) groups excluding carboxylic acids is 4. The van der Waals surface area contributed by atoms with E-state index in [1.807, 2.05) is 12.1 Å². The molecule has 4 aromatic rings. The molecule has 2 heterocycles. The van der Waals surface area contributed by atoms with E-state index in [1.165, 1.54) is 32.3 Å². The van der Waals surface area contributed by atoms with Crippen LogP contribution in [-0.4, -0.2) is 124 Å². The van der Waals surface area contributed by atoms with Gasteiger partial charge in [0.1, 0.15) is 42.6 Å². The number of carboxylic acids is 1. The van der Waals surface area contributed by atoms with Gasteiger partial charge in [0.25, 0.3) is 11.5 Å². The molecule has 2 aliphatic rings. The molecular formula is C46H57N9O11. The third-order valence-electron chi connectivity index (χ3n) is 11.8. The van der Waals surface area contributed by atoms with Crippen LogP contribution >= 0.6 is 0 Å². The number of ether oxygens (including phenoxy) is 2. The Kier molecular flexibility index (Phi) is 15.4. The Labute approximate surface area is 380 Å². The lowest BCUT2D eigenvalue weighted by Crippen LogP contribution is -2.55. The topological polar surface area (TPSA) is 317 Å². The van der Waals surface area contributed by atoms with Gasteiger partial charge in [0.2, 0.25) is 17.7 Å². The first-order valence-electron chi connectivity index (χ1n) is 21.6. The highest BCUT2D eigenvalue weighted by molar-refractivity contribution is 5.99. The second kappa shape index (κ2) is 21.0. The van der Waals surface area contributed by atoms with Crippen molar-refractivity contribution in [1.29, 1.82) is 0 Å². The molecular weight excluding hydrogens is 855 g/mol. The number of nitrogens with two attached hydrogens (primary N) is 3. The molecule has 1 aromatic heterocycles. The number of nitrogens with zero attached hydrogens (tertiary/aromatic N) is 3. The first kappa shape index (κ1) is 48.6. The molecule has 6 rings (SSSR count). The molecule has 66 heavy (non-hydrogen) atoms. The van der Waals surface area contributed by atoms with E-state index in [0.717, 1.165) is 34.1 Å². The van der Waals surface area contributed by atoms with E-state index in [4.69, 9.17) is 26.7 Å². The predicted molar refractivity (Wildman–Crippen MR) is 241 cm³/mol. The number of amides is 4. The van der Waals surface area contributed by atoms with Crippen LogP contribution in [0.3, 0.4) is 0 Å². The minimum absolute atomic E-state index is 0.0242. The molecule has 1 saturated carbocycles. The van der Waals surface area contributed by atoms with Crippen LogP contribution in [0.4, 0.5) is 0 Å². The Morgan fingerprint density at radius 2 is 1.68 bits per heavy atom. The molecule has 4 bridgehead atoms. The van der Waals surface area contributed by atoms with Crippen molar-refractivity contribution in [1.82, 2.24) is 30.6 Å². The lowest BCUT2D eigenvalue weighted by molar-refractivity contribution is -0.143. The number of aliphatic hydroxyl groups excluding tert-OH is 1. The number of nitrogens with one attached hydrogen (secondary N) is 3. The van der Waals surface area contributed by atoms with Crippen LogP contribution in [0.15, 0.2) is 71.7 Å². The van der Waals surface area contributed by atoms with Gasteiger partial charge in [0.05, 0.1) is 24.1 Å². The van der Waals surface area contributed by atoms with Crippen LogP contribution in [0, 0.1) is 0 Å². The largest absolute Gasteiger partial charge is 0.504 e. The normalized spacial score (nSPS) is 18.7. The van der Waals surface area contributed by atoms with Crippen molar-refractivity contribution in [2.75, 3.05) is 39.9 Å². The number of hydrogen-bond donors (Lipinski definition) is 9. The SMILES string of the molecule is C[C@@H]1NC(=O)[C@@H](N(C)C(=O)[C@H](CCN)NC(=O)c2cnn(-c3ccc(C4(C)CC4)cc3)c(=O)c2)c2cc(OC[C@H](O)CN)c(O)c(c2)-c2cc(ccc2OCCCN)C[C@@H](C(=O)O)NC1=O. The quantitative estimate of drug-likeness (QED) is 0.0646. The second-order valence-corrected chi connectivity index (χ2v) is 16.8. The first-order valence-corrected chi connectivity index (χ1v) is 21.6. The van der Waals surface area contributed by atoms with Crippen molar-refractivity contribution in [2.45, 2.75) is 81.6 Å². The zero-order valence-corrected chi connectivity index (χ0v) is 37.0. The van der Waals surface area contributed by atoms with E-state index in [2.05, 4.69) is 28.0 Å². The Morgan fingerprint density at radius 3 is 2.32 bits per heavy atom.